The zero-order valence-electron chi connectivity index (χ0n) is 10.6. The lowest BCUT2D eigenvalue weighted by Gasteiger charge is -2.26. The van der Waals surface area contributed by atoms with Gasteiger partial charge in [-0.25, -0.2) is 9.97 Å². The molecule has 0 bridgehead atoms. The number of carbonyl (C=O) groups is 1. The number of ether oxygens (including phenoxy) is 1. The first kappa shape index (κ1) is 14.2. The predicted octanol–water partition coefficient (Wildman–Crippen LogP) is 1.08. The van der Waals surface area contributed by atoms with Crippen LogP contribution in [0.2, 0.25) is 5.15 Å². The molecule has 1 fully saturated rings. The van der Waals surface area contributed by atoms with Crippen LogP contribution in [0.4, 0.5) is 5.82 Å². The van der Waals surface area contributed by atoms with E-state index < -0.39 is 0 Å². The Morgan fingerprint density at radius 2 is 2.21 bits per heavy atom. The summed E-state index contributed by atoms with van der Waals surface area (Å²) in [4.78, 5) is 21.1. The molecule has 104 valence electrons. The maximum atomic E-state index is 10.9. The Morgan fingerprint density at radius 1 is 1.42 bits per heavy atom. The standard InChI is InChI=1S/C12H17ClN4O2/c13-11-10(8-18)12(16-9-15-11)14-2-1-3-17-4-6-19-7-5-17/h8-9H,1-7H2,(H,14,15,16). The van der Waals surface area contributed by atoms with Crippen LogP contribution in [0.1, 0.15) is 16.8 Å². The van der Waals surface area contributed by atoms with Crippen LogP contribution < -0.4 is 5.32 Å². The number of nitrogens with one attached hydrogen (secondary N) is 1. The summed E-state index contributed by atoms with van der Waals surface area (Å²) in [7, 11) is 0. The van der Waals surface area contributed by atoms with E-state index in [0.29, 0.717) is 17.7 Å². The Balaban J connectivity index is 1.76. The van der Waals surface area contributed by atoms with E-state index in [-0.39, 0.29) is 5.15 Å². The second kappa shape index (κ2) is 7.37. The molecule has 1 aromatic rings. The van der Waals surface area contributed by atoms with Crippen LogP contribution >= 0.6 is 11.6 Å². The summed E-state index contributed by atoms with van der Waals surface area (Å²) in [5.74, 6) is 0.497. The summed E-state index contributed by atoms with van der Waals surface area (Å²) in [6.07, 6.45) is 2.99. The van der Waals surface area contributed by atoms with Crippen LogP contribution in [0.25, 0.3) is 0 Å². The lowest BCUT2D eigenvalue weighted by Crippen LogP contribution is -2.37. The average molecular weight is 285 g/mol. The zero-order valence-corrected chi connectivity index (χ0v) is 11.4. The highest BCUT2D eigenvalue weighted by Crippen LogP contribution is 2.16. The molecule has 0 saturated carbocycles. The van der Waals surface area contributed by atoms with Crippen LogP contribution in [-0.4, -0.2) is 60.5 Å². The van der Waals surface area contributed by atoms with Gasteiger partial charge >= 0.3 is 0 Å². The molecule has 2 rings (SSSR count). The fraction of sp³-hybridized carbons (Fsp3) is 0.583. The number of hydrogen-bond acceptors (Lipinski definition) is 6. The number of hydrogen-bond donors (Lipinski definition) is 1. The second-order valence-corrected chi connectivity index (χ2v) is 4.64. The van der Waals surface area contributed by atoms with Gasteiger partial charge in [0.15, 0.2) is 6.29 Å². The van der Waals surface area contributed by atoms with Crippen molar-refractivity contribution in [1.82, 2.24) is 14.9 Å². The molecule has 1 aliphatic rings. The number of aromatic nitrogens is 2. The number of carbonyl (C=O) groups excluding carboxylic acids is 1. The van der Waals surface area contributed by atoms with Gasteiger partial charge in [0.05, 0.1) is 18.8 Å². The molecule has 2 heterocycles. The second-order valence-electron chi connectivity index (χ2n) is 4.28. The number of rotatable bonds is 6. The minimum Gasteiger partial charge on any atom is -0.379 e. The Labute approximate surface area is 117 Å². The topological polar surface area (TPSA) is 67.4 Å². The van der Waals surface area contributed by atoms with Gasteiger partial charge in [0, 0.05) is 19.6 Å². The van der Waals surface area contributed by atoms with Gasteiger partial charge in [-0.15, -0.1) is 0 Å². The zero-order chi connectivity index (χ0) is 13.5. The summed E-state index contributed by atoms with van der Waals surface area (Å²) in [6.45, 7) is 5.34. The molecule has 0 amide bonds. The van der Waals surface area contributed by atoms with Crippen LogP contribution in [0.15, 0.2) is 6.33 Å². The van der Waals surface area contributed by atoms with Gasteiger partial charge in [-0.1, -0.05) is 11.6 Å². The Bertz CT molecular complexity index is 424. The first-order valence-electron chi connectivity index (χ1n) is 6.31. The van der Waals surface area contributed by atoms with Gasteiger partial charge in [-0.05, 0) is 13.0 Å². The third-order valence-electron chi connectivity index (χ3n) is 3.00. The third kappa shape index (κ3) is 4.12. The molecule has 0 aromatic carbocycles. The van der Waals surface area contributed by atoms with Crippen molar-refractivity contribution in [3.8, 4) is 0 Å². The number of halogens is 1. The van der Waals surface area contributed by atoms with Crippen LogP contribution in [0.5, 0.6) is 0 Å². The van der Waals surface area contributed by atoms with Gasteiger partial charge in [0.1, 0.15) is 17.3 Å². The van der Waals surface area contributed by atoms with Crippen LogP contribution in [0, 0.1) is 0 Å². The lowest BCUT2D eigenvalue weighted by molar-refractivity contribution is 0.0378. The fourth-order valence-corrected chi connectivity index (χ4v) is 2.13. The molecule has 1 saturated heterocycles. The molecule has 0 spiro atoms. The molecule has 0 radical (unpaired) electrons. The van der Waals surface area contributed by atoms with Gasteiger partial charge < -0.3 is 10.1 Å². The Kier molecular flexibility index (Phi) is 5.50. The largest absolute Gasteiger partial charge is 0.379 e. The van der Waals surface area contributed by atoms with Crippen LogP contribution in [0.3, 0.4) is 0 Å². The Hall–Kier alpha value is -1.24. The SMILES string of the molecule is O=Cc1c(Cl)ncnc1NCCCN1CCOCC1. The highest BCUT2D eigenvalue weighted by Gasteiger charge is 2.10. The van der Waals surface area contributed by atoms with Gasteiger partial charge in [-0.2, -0.15) is 0 Å². The monoisotopic (exact) mass is 284 g/mol. The minimum atomic E-state index is 0.181. The van der Waals surface area contributed by atoms with E-state index >= 15 is 0 Å². The van der Waals surface area contributed by atoms with Crippen LogP contribution in [-0.2, 0) is 4.74 Å². The molecule has 19 heavy (non-hydrogen) atoms. The van der Waals surface area contributed by atoms with Crippen molar-refractivity contribution < 1.29 is 9.53 Å². The number of morpholine rings is 1. The maximum Gasteiger partial charge on any atom is 0.156 e. The number of aldehydes is 1. The van der Waals surface area contributed by atoms with Crippen molar-refractivity contribution in [1.29, 1.82) is 0 Å². The normalized spacial score (nSPS) is 16.3. The minimum absolute atomic E-state index is 0.181. The molecular weight excluding hydrogens is 268 g/mol. The first-order chi connectivity index (χ1) is 9.31. The van der Waals surface area contributed by atoms with Crippen molar-refractivity contribution in [2.24, 2.45) is 0 Å². The Morgan fingerprint density at radius 3 is 2.95 bits per heavy atom. The molecule has 0 unspecified atom stereocenters. The molecule has 7 heteroatoms. The summed E-state index contributed by atoms with van der Waals surface area (Å²) in [5, 5.41) is 3.30. The highest BCUT2D eigenvalue weighted by atomic mass is 35.5. The summed E-state index contributed by atoms with van der Waals surface area (Å²) in [5.41, 5.74) is 0.315. The van der Waals surface area contributed by atoms with E-state index in [9.17, 15) is 4.79 Å². The quantitative estimate of drug-likeness (QED) is 0.479. The molecule has 1 N–H and O–H groups in total. The predicted molar refractivity (Wildman–Crippen MR) is 72.8 cm³/mol. The maximum absolute atomic E-state index is 10.9. The average Bonchev–Trinajstić information content (AvgIpc) is 2.45. The number of nitrogens with zero attached hydrogens (tertiary/aromatic N) is 3. The van der Waals surface area contributed by atoms with Crippen molar-refractivity contribution in [2.45, 2.75) is 6.42 Å². The first-order valence-corrected chi connectivity index (χ1v) is 6.68. The van der Waals surface area contributed by atoms with E-state index in [0.717, 1.165) is 45.8 Å². The van der Waals surface area contributed by atoms with Crippen molar-refractivity contribution in [3.63, 3.8) is 0 Å². The van der Waals surface area contributed by atoms with Crippen molar-refractivity contribution >= 4 is 23.7 Å². The van der Waals surface area contributed by atoms with E-state index in [1.165, 1.54) is 6.33 Å². The van der Waals surface area contributed by atoms with Crippen molar-refractivity contribution in [2.75, 3.05) is 44.7 Å². The van der Waals surface area contributed by atoms with Gasteiger partial charge in [-0.3, -0.25) is 9.69 Å². The highest BCUT2D eigenvalue weighted by molar-refractivity contribution is 6.32. The third-order valence-corrected chi connectivity index (χ3v) is 3.30. The molecule has 1 aromatic heterocycles. The van der Waals surface area contributed by atoms with E-state index in [4.69, 9.17) is 16.3 Å². The lowest BCUT2D eigenvalue weighted by atomic mass is 10.3. The van der Waals surface area contributed by atoms with Gasteiger partial charge in [0.25, 0.3) is 0 Å². The van der Waals surface area contributed by atoms with E-state index in [1.807, 2.05) is 0 Å². The molecular formula is C12H17ClN4O2. The van der Waals surface area contributed by atoms with Gasteiger partial charge in [0.2, 0.25) is 0 Å². The van der Waals surface area contributed by atoms with E-state index in [2.05, 4.69) is 20.2 Å². The summed E-state index contributed by atoms with van der Waals surface area (Å²) < 4.78 is 5.29. The number of anilines is 1. The van der Waals surface area contributed by atoms with Crippen molar-refractivity contribution in [3.05, 3.63) is 17.0 Å². The molecule has 1 aliphatic heterocycles. The fourth-order valence-electron chi connectivity index (χ4n) is 1.95. The summed E-state index contributed by atoms with van der Waals surface area (Å²) in [6, 6.07) is 0. The molecule has 0 aliphatic carbocycles. The molecule has 6 nitrogen and oxygen atoms in total. The van der Waals surface area contributed by atoms with E-state index in [1.54, 1.807) is 0 Å². The summed E-state index contributed by atoms with van der Waals surface area (Å²) >= 11 is 5.82. The smallest absolute Gasteiger partial charge is 0.156 e. The molecule has 0 atom stereocenters.